The minimum Gasteiger partial charge on any atom is -0.497 e. The molecule has 0 atom stereocenters. The average molecular weight is 557 g/mol. The summed E-state index contributed by atoms with van der Waals surface area (Å²) in [6.45, 7) is 3.86. The van der Waals surface area contributed by atoms with Gasteiger partial charge in [-0.1, -0.05) is 82.8 Å². The number of hydrogen-bond donors (Lipinski definition) is 0. The Kier molecular flexibility index (Phi) is 11.9. The normalized spacial score (nSPS) is 11.0. The summed E-state index contributed by atoms with van der Waals surface area (Å²) >= 11 is 0. The summed E-state index contributed by atoms with van der Waals surface area (Å²) in [5.74, 6) is 1.48. The van der Waals surface area contributed by atoms with Crippen LogP contribution >= 0.6 is 21.6 Å². The van der Waals surface area contributed by atoms with Gasteiger partial charge in [-0.05, 0) is 47.2 Å². The molecule has 3 aromatic rings. The topological polar surface area (TPSA) is 72.5 Å². The number of methoxy groups -OCH3 is 2. The highest BCUT2D eigenvalue weighted by Crippen LogP contribution is 2.41. The molecule has 0 radical (unpaired) electrons. The second-order valence-electron chi connectivity index (χ2n) is 7.89. The molecule has 38 heavy (non-hydrogen) atoms. The molecule has 0 aliphatic heterocycles. The lowest BCUT2D eigenvalue weighted by molar-refractivity contribution is -0.246. The van der Waals surface area contributed by atoms with E-state index in [9.17, 15) is 4.79 Å². The SMILES string of the molecule is C=C(CC(=O)OCCOC(c1ccccc1)(c1ccc(OC)cc1)c1ccc(OC)cc1)OOCSSC. The number of carbonyl (C=O) groups is 1. The molecule has 0 N–H and O–H groups in total. The Bertz CT molecular complexity index is 1090. The quantitative estimate of drug-likeness (QED) is 0.0292. The Morgan fingerprint density at radius 2 is 1.37 bits per heavy atom. The van der Waals surface area contributed by atoms with Gasteiger partial charge in [-0.2, -0.15) is 4.89 Å². The van der Waals surface area contributed by atoms with Crippen molar-refractivity contribution in [2.75, 3.05) is 39.6 Å². The monoisotopic (exact) mass is 556 g/mol. The summed E-state index contributed by atoms with van der Waals surface area (Å²) in [5.41, 5.74) is 1.72. The fourth-order valence-corrected chi connectivity index (χ4v) is 4.43. The van der Waals surface area contributed by atoms with Crippen molar-refractivity contribution in [1.29, 1.82) is 0 Å². The van der Waals surface area contributed by atoms with Crippen molar-refractivity contribution in [3.63, 3.8) is 0 Å². The third-order valence-corrected chi connectivity index (χ3v) is 6.99. The molecule has 9 heteroatoms. The van der Waals surface area contributed by atoms with E-state index >= 15 is 0 Å². The molecule has 0 aliphatic rings. The number of hydrogen-bond acceptors (Lipinski definition) is 9. The van der Waals surface area contributed by atoms with Crippen LogP contribution in [0.15, 0.2) is 91.2 Å². The highest BCUT2D eigenvalue weighted by molar-refractivity contribution is 8.76. The Labute approximate surface area is 231 Å². The smallest absolute Gasteiger partial charge is 0.313 e. The van der Waals surface area contributed by atoms with Crippen molar-refractivity contribution in [3.05, 3.63) is 108 Å². The van der Waals surface area contributed by atoms with Crippen LogP contribution in [-0.4, -0.2) is 45.6 Å². The lowest BCUT2D eigenvalue weighted by Gasteiger charge is -2.36. The number of esters is 1. The van der Waals surface area contributed by atoms with Crippen LogP contribution in [0.3, 0.4) is 0 Å². The van der Waals surface area contributed by atoms with Crippen molar-refractivity contribution in [1.82, 2.24) is 0 Å². The Balaban J connectivity index is 1.80. The van der Waals surface area contributed by atoms with Gasteiger partial charge in [0.15, 0.2) is 0 Å². The molecule has 0 saturated carbocycles. The summed E-state index contributed by atoms with van der Waals surface area (Å²) in [4.78, 5) is 22.3. The minimum atomic E-state index is -0.984. The third kappa shape index (κ3) is 7.94. The maximum absolute atomic E-state index is 12.3. The van der Waals surface area contributed by atoms with Gasteiger partial charge in [0.1, 0.15) is 41.8 Å². The number of rotatable bonds is 16. The van der Waals surface area contributed by atoms with E-state index in [1.807, 2.05) is 85.1 Å². The van der Waals surface area contributed by atoms with Crippen LogP contribution in [0.1, 0.15) is 23.1 Å². The van der Waals surface area contributed by atoms with Crippen LogP contribution in [0.2, 0.25) is 0 Å². The highest BCUT2D eigenvalue weighted by Gasteiger charge is 2.37. The van der Waals surface area contributed by atoms with E-state index in [1.165, 1.54) is 10.8 Å². The van der Waals surface area contributed by atoms with E-state index in [0.717, 1.165) is 28.2 Å². The zero-order chi connectivity index (χ0) is 27.2. The van der Waals surface area contributed by atoms with Crippen LogP contribution in [0.25, 0.3) is 0 Å². The summed E-state index contributed by atoms with van der Waals surface area (Å²) in [7, 11) is 6.27. The van der Waals surface area contributed by atoms with E-state index in [2.05, 4.69) is 6.58 Å². The second kappa shape index (κ2) is 15.3. The van der Waals surface area contributed by atoms with E-state index in [4.69, 9.17) is 28.7 Å². The van der Waals surface area contributed by atoms with Crippen molar-refractivity contribution >= 4 is 27.6 Å². The number of carbonyl (C=O) groups excluding carboxylic acids is 1. The van der Waals surface area contributed by atoms with Crippen molar-refractivity contribution < 1.29 is 33.5 Å². The van der Waals surface area contributed by atoms with Crippen LogP contribution < -0.4 is 9.47 Å². The number of ether oxygens (including phenoxy) is 4. The minimum absolute atomic E-state index is 0.0379. The maximum Gasteiger partial charge on any atom is 0.313 e. The van der Waals surface area contributed by atoms with Crippen LogP contribution in [0.4, 0.5) is 0 Å². The van der Waals surface area contributed by atoms with E-state index in [1.54, 1.807) is 25.0 Å². The van der Waals surface area contributed by atoms with Gasteiger partial charge in [0.05, 0.1) is 20.8 Å². The molecular formula is C29H32O7S2. The van der Waals surface area contributed by atoms with Crippen molar-refractivity contribution in [3.8, 4) is 11.5 Å². The van der Waals surface area contributed by atoms with E-state index in [0.29, 0.717) is 5.94 Å². The molecule has 0 saturated heterocycles. The van der Waals surface area contributed by atoms with Crippen LogP contribution in [0, 0.1) is 0 Å². The molecule has 0 bridgehead atoms. The van der Waals surface area contributed by atoms with Gasteiger partial charge >= 0.3 is 5.97 Å². The lowest BCUT2D eigenvalue weighted by Crippen LogP contribution is -2.34. The van der Waals surface area contributed by atoms with Gasteiger partial charge in [0, 0.05) is 0 Å². The van der Waals surface area contributed by atoms with E-state index < -0.39 is 11.6 Å². The molecule has 0 unspecified atom stereocenters. The van der Waals surface area contributed by atoms with E-state index in [-0.39, 0.29) is 25.4 Å². The van der Waals surface area contributed by atoms with Gasteiger partial charge < -0.3 is 23.8 Å². The average Bonchev–Trinajstić information content (AvgIpc) is 2.96. The first-order valence-electron chi connectivity index (χ1n) is 11.8. The zero-order valence-electron chi connectivity index (χ0n) is 21.7. The molecule has 0 spiro atoms. The standard InChI is InChI=1S/C29H32O7S2/c1-22(36-35-21-38-37-4)20-28(30)33-18-19-34-29(23-8-6-5-7-9-23,24-10-14-26(31-2)15-11-24)25-12-16-27(32-3)17-13-25/h5-17H,1,18-21H2,2-4H3. The molecular weight excluding hydrogens is 524 g/mol. The predicted octanol–water partition coefficient (Wildman–Crippen LogP) is 6.38. The lowest BCUT2D eigenvalue weighted by atomic mass is 9.80. The van der Waals surface area contributed by atoms with Gasteiger partial charge in [0.2, 0.25) is 0 Å². The van der Waals surface area contributed by atoms with Gasteiger partial charge in [-0.15, -0.1) is 0 Å². The molecule has 0 fully saturated rings. The first-order valence-corrected chi connectivity index (χ1v) is 14.5. The fourth-order valence-electron chi connectivity index (χ4n) is 3.84. The summed E-state index contributed by atoms with van der Waals surface area (Å²) in [6.07, 6.45) is 1.81. The first kappa shape index (κ1) is 29.4. The molecule has 3 aromatic carbocycles. The van der Waals surface area contributed by atoms with Gasteiger partial charge in [-0.25, -0.2) is 0 Å². The van der Waals surface area contributed by atoms with Crippen molar-refractivity contribution in [2.24, 2.45) is 0 Å². The molecule has 0 heterocycles. The Hall–Kier alpha value is -3.11. The zero-order valence-corrected chi connectivity index (χ0v) is 23.3. The Morgan fingerprint density at radius 1 is 0.816 bits per heavy atom. The second-order valence-corrected chi connectivity index (χ2v) is 10.4. The molecule has 202 valence electrons. The van der Waals surface area contributed by atoms with Gasteiger partial charge in [-0.3, -0.25) is 4.79 Å². The summed E-state index contributed by atoms with van der Waals surface area (Å²) in [5, 5.41) is 0. The molecule has 3 rings (SSSR count). The van der Waals surface area contributed by atoms with Crippen LogP contribution in [0.5, 0.6) is 11.5 Å². The van der Waals surface area contributed by atoms with Gasteiger partial charge in [0.25, 0.3) is 0 Å². The molecule has 0 aliphatic carbocycles. The maximum atomic E-state index is 12.3. The first-order chi connectivity index (χ1) is 18.5. The fraction of sp³-hybridized carbons (Fsp3) is 0.276. The molecule has 0 amide bonds. The van der Waals surface area contributed by atoms with Crippen molar-refractivity contribution in [2.45, 2.75) is 12.0 Å². The Morgan fingerprint density at radius 3 is 1.89 bits per heavy atom. The third-order valence-electron chi connectivity index (χ3n) is 5.57. The van der Waals surface area contributed by atoms with Crippen LogP contribution in [-0.2, 0) is 29.6 Å². The summed E-state index contributed by atoms with van der Waals surface area (Å²) in [6, 6.07) is 25.4. The predicted molar refractivity (Wildman–Crippen MR) is 151 cm³/mol. The largest absolute Gasteiger partial charge is 0.497 e. The molecule has 7 nitrogen and oxygen atoms in total. The number of benzene rings is 3. The summed E-state index contributed by atoms with van der Waals surface area (Å²) < 4.78 is 22.8. The molecule has 0 aromatic heterocycles. The highest BCUT2D eigenvalue weighted by atomic mass is 33.1.